The Labute approximate surface area is 82.5 Å². The molecule has 0 atom stereocenters. The minimum atomic E-state index is 0.747. The van der Waals surface area contributed by atoms with Gasteiger partial charge in [0.15, 0.2) is 0 Å². The number of hydrogen-bond donors (Lipinski definition) is 1. The summed E-state index contributed by atoms with van der Waals surface area (Å²) >= 11 is 0. The molecule has 78 valence electrons. The highest BCUT2D eigenvalue weighted by atomic mass is 15.2. The molecule has 1 heterocycles. The molecule has 1 aliphatic heterocycles. The highest BCUT2D eigenvalue weighted by Gasteiger charge is 2.17. The van der Waals surface area contributed by atoms with E-state index < -0.39 is 0 Å². The molecule has 1 aliphatic rings. The summed E-state index contributed by atoms with van der Waals surface area (Å²) in [6.07, 6.45) is 5.55. The second kappa shape index (κ2) is 5.61. The lowest BCUT2D eigenvalue weighted by atomic mass is 9.90. The van der Waals surface area contributed by atoms with E-state index in [0.29, 0.717) is 0 Å². The van der Waals surface area contributed by atoms with Crippen molar-refractivity contribution in [2.24, 2.45) is 17.6 Å². The van der Waals surface area contributed by atoms with E-state index in [4.69, 9.17) is 5.73 Å². The molecule has 0 amide bonds. The zero-order valence-electron chi connectivity index (χ0n) is 9.13. The Morgan fingerprint density at radius 3 is 2.38 bits per heavy atom. The van der Waals surface area contributed by atoms with Crippen LogP contribution in [0, 0.1) is 11.8 Å². The Morgan fingerprint density at radius 1 is 1.31 bits per heavy atom. The molecule has 0 spiro atoms. The third-order valence-electron chi connectivity index (χ3n) is 3.12. The van der Waals surface area contributed by atoms with Gasteiger partial charge >= 0.3 is 0 Å². The van der Waals surface area contributed by atoms with E-state index in [2.05, 4.69) is 18.7 Å². The standard InChI is InChI=1S/C11H24N2/c1-10(2)3-4-11-5-7-13(9-12)8-6-11/h10-11H,3-9,12H2,1-2H3. The molecule has 1 saturated heterocycles. The summed E-state index contributed by atoms with van der Waals surface area (Å²) in [7, 11) is 0. The van der Waals surface area contributed by atoms with Crippen LogP contribution >= 0.6 is 0 Å². The van der Waals surface area contributed by atoms with Crippen molar-refractivity contribution in [2.75, 3.05) is 19.8 Å². The second-order valence-electron chi connectivity index (χ2n) is 4.72. The van der Waals surface area contributed by atoms with Gasteiger partial charge in [0.05, 0.1) is 0 Å². The Morgan fingerprint density at radius 2 is 1.92 bits per heavy atom. The smallest absolute Gasteiger partial charge is 0.0455 e. The number of likely N-dealkylation sites (tertiary alicyclic amines) is 1. The molecule has 0 unspecified atom stereocenters. The van der Waals surface area contributed by atoms with Gasteiger partial charge in [-0.25, -0.2) is 0 Å². The van der Waals surface area contributed by atoms with Crippen LogP contribution in [0.25, 0.3) is 0 Å². The predicted octanol–water partition coefficient (Wildman–Crippen LogP) is 2.05. The molecule has 13 heavy (non-hydrogen) atoms. The average Bonchev–Trinajstić information content (AvgIpc) is 2.15. The summed E-state index contributed by atoms with van der Waals surface area (Å²) in [4.78, 5) is 2.35. The van der Waals surface area contributed by atoms with Crippen molar-refractivity contribution in [3.63, 3.8) is 0 Å². The summed E-state index contributed by atoms with van der Waals surface area (Å²) in [6, 6.07) is 0. The molecule has 2 heteroatoms. The maximum Gasteiger partial charge on any atom is 0.0455 e. The van der Waals surface area contributed by atoms with Crippen LogP contribution in [0.2, 0.25) is 0 Å². The number of hydrogen-bond acceptors (Lipinski definition) is 2. The van der Waals surface area contributed by atoms with E-state index in [-0.39, 0.29) is 0 Å². The van der Waals surface area contributed by atoms with Crippen LogP contribution in [0.15, 0.2) is 0 Å². The molecule has 1 fully saturated rings. The third-order valence-corrected chi connectivity index (χ3v) is 3.12. The van der Waals surface area contributed by atoms with Gasteiger partial charge in [0.2, 0.25) is 0 Å². The van der Waals surface area contributed by atoms with Crippen molar-refractivity contribution in [2.45, 2.75) is 39.5 Å². The first-order valence-electron chi connectivity index (χ1n) is 5.64. The van der Waals surface area contributed by atoms with Crippen molar-refractivity contribution >= 4 is 0 Å². The molecular formula is C11H24N2. The summed E-state index contributed by atoms with van der Waals surface area (Å²) in [5.41, 5.74) is 5.60. The predicted molar refractivity (Wildman–Crippen MR) is 57.4 cm³/mol. The molecule has 2 N–H and O–H groups in total. The Balaban J connectivity index is 2.10. The van der Waals surface area contributed by atoms with Gasteiger partial charge in [0, 0.05) is 6.67 Å². The van der Waals surface area contributed by atoms with Crippen LogP contribution in [-0.2, 0) is 0 Å². The molecule has 2 nitrogen and oxygen atoms in total. The van der Waals surface area contributed by atoms with Gasteiger partial charge in [0.1, 0.15) is 0 Å². The number of nitrogens with two attached hydrogens (primary N) is 1. The van der Waals surface area contributed by atoms with Gasteiger partial charge in [-0.05, 0) is 37.8 Å². The zero-order chi connectivity index (χ0) is 9.68. The lowest BCUT2D eigenvalue weighted by molar-refractivity contribution is 0.179. The van der Waals surface area contributed by atoms with Crippen molar-refractivity contribution < 1.29 is 0 Å². The van der Waals surface area contributed by atoms with E-state index in [1.807, 2.05) is 0 Å². The average molecular weight is 184 g/mol. The molecular weight excluding hydrogens is 160 g/mol. The van der Waals surface area contributed by atoms with Crippen molar-refractivity contribution in [3.8, 4) is 0 Å². The normalized spacial score (nSPS) is 21.2. The highest BCUT2D eigenvalue weighted by molar-refractivity contribution is 4.71. The van der Waals surface area contributed by atoms with Gasteiger partial charge in [-0.3, -0.25) is 4.90 Å². The number of rotatable bonds is 4. The molecule has 1 rings (SSSR count). The number of piperidine rings is 1. The fourth-order valence-corrected chi connectivity index (χ4v) is 2.03. The molecule has 0 bridgehead atoms. The fraction of sp³-hybridized carbons (Fsp3) is 1.00. The Bertz CT molecular complexity index is 126. The van der Waals surface area contributed by atoms with Crippen molar-refractivity contribution in [1.29, 1.82) is 0 Å². The zero-order valence-corrected chi connectivity index (χ0v) is 9.13. The topological polar surface area (TPSA) is 29.3 Å². The quantitative estimate of drug-likeness (QED) is 0.724. The van der Waals surface area contributed by atoms with E-state index >= 15 is 0 Å². The first-order chi connectivity index (χ1) is 6.22. The minimum absolute atomic E-state index is 0.747. The van der Waals surface area contributed by atoms with Gasteiger partial charge in [-0.15, -0.1) is 0 Å². The van der Waals surface area contributed by atoms with E-state index in [1.165, 1.54) is 38.8 Å². The summed E-state index contributed by atoms with van der Waals surface area (Å²) in [5, 5.41) is 0. The third kappa shape index (κ3) is 4.10. The van der Waals surface area contributed by atoms with Crippen LogP contribution in [0.1, 0.15) is 39.5 Å². The first-order valence-corrected chi connectivity index (χ1v) is 5.64. The van der Waals surface area contributed by atoms with Crippen LogP contribution in [-0.4, -0.2) is 24.7 Å². The highest BCUT2D eigenvalue weighted by Crippen LogP contribution is 2.23. The molecule has 0 aliphatic carbocycles. The van der Waals surface area contributed by atoms with Crippen LogP contribution in [0.3, 0.4) is 0 Å². The monoisotopic (exact) mass is 184 g/mol. The van der Waals surface area contributed by atoms with Crippen LogP contribution in [0.5, 0.6) is 0 Å². The van der Waals surface area contributed by atoms with Gasteiger partial charge in [0.25, 0.3) is 0 Å². The molecule has 0 aromatic carbocycles. The van der Waals surface area contributed by atoms with Gasteiger partial charge in [-0.2, -0.15) is 0 Å². The molecule has 0 saturated carbocycles. The molecule has 0 aromatic rings. The summed E-state index contributed by atoms with van der Waals surface area (Å²) in [5.74, 6) is 1.85. The maximum atomic E-state index is 5.60. The maximum absolute atomic E-state index is 5.60. The van der Waals surface area contributed by atoms with Gasteiger partial charge < -0.3 is 5.73 Å². The summed E-state index contributed by atoms with van der Waals surface area (Å²) < 4.78 is 0. The fourth-order valence-electron chi connectivity index (χ4n) is 2.03. The van der Waals surface area contributed by atoms with E-state index in [1.54, 1.807) is 0 Å². The van der Waals surface area contributed by atoms with Gasteiger partial charge in [-0.1, -0.05) is 26.7 Å². The van der Waals surface area contributed by atoms with E-state index in [9.17, 15) is 0 Å². The first kappa shape index (κ1) is 11.0. The minimum Gasteiger partial charge on any atom is -0.318 e. The SMILES string of the molecule is CC(C)CCC1CCN(CN)CC1. The Hall–Kier alpha value is -0.0800. The summed E-state index contributed by atoms with van der Waals surface area (Å²) in [6.45, 7) is 7.82. The lowest BCUT2D eigenvalue weighted by Crippen LogP contribution is -2.37. The Kier molecular flexibility index (Phi) is 4.74. The largest absolute Gasteiger partial charge is 0.318 e. The van der Waals surface area contributed by atoms with Crippen molar-refractivity contribution in [1.82, 2.24) is 4.90 Å². The lowest BCUT2D eigenvalue weighted by Gasteiger charge is -2.31. The number of nitrogens with zero attached hydrogens (tertiary/aromatic N) is 1. The van der Waals surface area contributed by atoms with Crippen LogP contribution < -0.4 is 5.73 Å². The van der Waals surface area contributed by atoms with Crippen LogP contribution in [0.4, 0.5) is 0 Å². The van der Waals surface area contributed by atoms with E-state index in [0.717, 1.165) is 18.5 Å². The second-order valence-corrected chi connectivity index (χ2v) is 4.72. The van der Waals surface area contributed by atoms with Crippen molar-refractivity contribution in [3.05, 3.63) is 0 Å². The molecule has 0 aromatic heterocycles. The molecule has 0 radical (unpaired) electrons.